The van der Waals surface area contributed by atoms with E-state index in [-0.39, 0.29) is 147 Å². The van der Waals surface area contributed by atoms with Crippen LogP contribution in [0, 0.1) is 12.7 Å². The molecule has 31 nitrogen and oxygen atoms in total. The number of amides is 10. The van der Waals surface area contributed by atoms with Crippen molar-refractivity contribution in [1.82, 2.24) is 51.3 Å². The summed E-state index contributed by atoms with van der Waals surface area (Å²) in [5, 5.41) is 36.7. The number of aryl methyl sites for hydroxylation is 1. The molecule has 0 unspecified atom stereocenters. The summed E-state index contributed by atoms with van der Waals surface area (Å²) in [4.78, 5) is 174. The molecule has 0 bridgehead atoms. The largest absolute Gasteiger partial charge is 0.481 e. The molecule has 5 heterocycles. The SMILES string of the molecule is CC[C@@]1(O)C(=O)OCc2c1cc1n(c2=O)Cc2c-1nc1cc(F)c(C)c3c1c2[C@@H](NC(=O)CCCN(CC(N)=O)C(=O)[C@H](Cc1ccccc1)NC(=O)CNC(=O)CNC(=O)[C@H](CC(=O)O)NC(=O)CCOCCOCCOCCOCCNC(=O)CCN1C(=O)C=CC1=O)CC3. The minimum absolute atomic E-state index is 0.00269. The predicted octanol–water partition coefficient (Wildman–Crippen LogP) is -1.47. The minimum Gasteiger partial charge on any atom is -0.481 e. The predicted molar refractivity (Wildman–Crippen MR) is 337 cm³/mol. The molecule has 0 spiro atoms. The van der Waals surface area contributed by atoms with E-state index in [1.165, 1.54) is 10.6 Å². The first kappa shape index (κ1) is 72.9. The first-order valence-electron chi connectivity index (χ1n) is 31.7. The van der Waals surface area contributed by atoms with Gasteiger partial charge in [0.05, 0.1) is 114 Å². The van der Waals surface area contributed by atoms with Crippen LogP contribution in [0.3, 0.4) is 0 Å². The molecule has 2 aromatic heterocycles. The van der Waals surface area contributed by atoms with E-state index in [0.717, 1.165) is 22.0 Å². The summed E-state index contributed by atoms with van der Waals surface area (Å²) in [7, 11) is 0. The van der Waals surface area contributed by atoms with Crippen LogP contribution in [-0.4, -0.2) is 205 Å². The van der Waals surface area contributed by atoms with Crippen molar-refractivity contribution in [2.24, 2.45) is 5.73 Å². The number of carboxylic acid groups (broad SMARTS) is 1. The second-order valence-corrected chi connectivity index (χ2v) is 23.3. The van der Waals surface area contributed by atoms with Gasteiger partial charge in [-0.3, -0.25) is 62.4 Å². The van der Waals surface area contributed by atoms with Gasteiger partial charge in [0.25, 0.3) is 17.4 Å². The lowest BCUT2D eigenvalue weighted by Crippen LogP contribution is -2.54. The number of nitrogens with zero attached hydrogens (tertiary/aromatic N) is 4. The smallest absolute Gasteiger partial charge is 0.343 e. The molecule has 1 aliphatic carbocycles. The number of nitrogens with one attached hydrogen (secondary N) is 6. The lowest BCUT2D eigenvalue weighted by atomic mass is 9.81. The number of primary amides is 1. The average Bonchev–Trinajstić information content (AvgIpc) is 1.62. The fraction of sp³-hybridized carbons (Fsp3) is 0.477. The number of aliphatic carboxylic acids is 1. The van der Waals surface area contributed by atoms with E-state index in [1.807, 2.05) is 0 Å². The van der Waals surface area contributed by atoms with Crippen molar-refractivity contribution in [3.8, 4) is 11.4 Å². The van der Waals surface area contributed by atoms with Crippen LogP contribution in [0.2, 0.25) is 0 Å². The molecule has 2 aromatic carbocycles. The van der Waals surface area contributed by atoms with Gasteiger partial charge >= 0.3 is 11.9 Å². The zero-order valence-corrected chi connectivity index (χ0v) is 53.6. The van der Waals surface area contributed by atoms with Crippen molar-refractivity contribution in [3.63, 3.8) is 0 Å². The summed E-state index contributed by atoms with van der Waals surface area (Å²) in [6.07, 6.45) is 1.49. The van der Waals surface area contributed by atoms with E-state index in [4.69, 9.17) is 34.4 Å². The van der Waals surface area contributed by atoms with Gasteiger partial charge in [0.1, 0.15) is 24.5 Å². The molecule has 10 amide bonds. The lowest BCUT2D eigenvalue weighted by molar-refractivity contribution is -0.172. The van der Waals surface area contributed by atoms with Gasteiger partial charge in [-0.15, -0.1) is 0 Å². The van der Waals surface area contributed by atoms with E-state index in [1.54, 1.807) is 50.2 Å². The van der Waals surface area contributed by atoms with Crippen molar-refractivity contribution in [1.29, 1.82) is 0 Å². The molecule has 32 heteroatoms. The van der Waals surface area contributed by atoms with Crippen molar-refractivity contribution in [2.45, 2.75) is 109 Å². The topological polar surface area (TPSA) is 431 Å². The lowest BCUT2D eigenvalue weighted by Gasteiger charge is -2.31. The molecule has 10 N–H and O–H groups in total. The molecule has 0 fully saturated rings. The Kier molecular flexibility index (Phi) is 25.7. The maximum atomic E-state index is 15.6. The zero-order chi connectivity index (χ0) is 69.9. The van der Waals surface area contributed by atoms with Crippen molar-refractivity contribution >= 4 is 81.9 Å². The average molecular weight is 1350 g/mol. The number of rotatable bonds is 38. The molecule has 8 rings (SSSR count). The number of carbonyl (C=O) groups is 12. The van der Waals surface area contributed by atoms with Gasteiger partial charge in [0.15, 0.2) is 5.60 Å². The molecule has 520 valence electrons. The molecular formula is C65H78FN11O20. The van der Waals surface area contributed by atoms with Crippen molar-refractivity contribution in [2.75, 3.05) is 92.1 Å². The first-order valence-corrected chi connectivity index (χ1v) is 31.7. The summed E-state index contributed by atoms with van der Waals surface area (Å²) < 4.78 is 43.9. The van der Waals surface area contributed by atoms with E-state index in [0.29, 0.717) is 57.4 Å². The maximum Gasteiger partial charge on any atom is 0.343 e. The van der Waals surface area contributed by atoms with Crippen LogP contribution in [0.25, 0.3) is 22.3 Å². The molecule has 4 atom stereocenters. The Morgan fingerprint density at radius 3 is 2.11 bits per heavy atom. The molecule has 3 aliphatic heterocycles. The van der Waals surface area contributed by atoms with Crippen molar-refractivity contribution < 1.29 is 95.8 Å². The second-order valence-electron chi connectivity index (χ2n) is 23.3. The van der Waals surface area contributed by atoms with Crippen molar-refractivity contribution in [3.05, 3.63) is 110 Å². The Morgan fingerprint density at radius 2 is 1.44 bits per heavy atom. The zero-order valence-electron chi connectivity index (χ0n) is 53.6. The number of fused-ring (bicyclic) bond motifs is 5. The van der Waals surface area contributed by atoms with Crippen LogP contribution in [0.15, 0.2) is 59.4 Å². The number of aromatic nitrogens is 2. The summed E-state index contributed by atoms with van der Waals surface area (Å²) in [6.45, 7) is 2.13. The highest BCUT2D eigenvalue weighted by molar-refractivity contribution is 6.13. The number of ether oxygens (including phenoxy) is 5. The van der Waals surface area contributed by atoms with Gasteiger partial charge in [-0.05, 0) is 60.9 Å². The Labute approximate surface area is 554 Å². The number of carbonyl (C=O) groups excluding carboxylic acids is 11. The summed E-state index contributed by atoms with van der Waals surface area (Å²) in [5.74, 6) is -9.72. The van der Waals surface area contributed by atoms with Crippen LogP contribution < -0.4 is 43.2 Å². The number of halogens is 1. The van der Waals surface area contributed by atoms with Crippen LogP contribution in [0.4, 0.5) is 4.39 Å². The molecule has 0 saturated heterocycles. The second kappa shape index (κ2) is 34.2. The van der Waals surface area contributed by atoms with Gasteiger partial charge in [-0.1, -0.05) is 37.3 Å². The number of hydrogen-bond donors (Lipinski definition) is 9. The number of benzene rings is 2. The normalized spacial score (nSPS) is 16.3. The summed E-state index contributed by atoms with van der Waals surface area (Å²) in [6, 6.07) is 7.75. The Hall–Kier alpha value is -9.89. The van der Waals surface area contributed by atoms with Gasteiger partial charge in [-0.2, -0.15) is 0 Å². The molecule has 4 aliphatic rings. The molecule has 97 heavy (non-hydrogen) atoms. The quantitative estimate of drug-likeness (QED) is 0.0124. The van der Waals surface area contributed by atoms with Gasteiger partial charge in [-0.25, -0.2) is 14.2 Å². The number of carboxylic acids is 1. The fourth-order valence-electron chi connectivity index (χ4n) is 11.7. The molecule has 0 saturated carbocycles. The number of esters is 1. The highest BCUT2D eigenvalue weighted by atomic mass is 19.1. The number of nitrogens with two attached hydrogens (primary N) is 1. The van der Waals surface area contributed by atoms with E-state index < -0.39 is 126 Å². The third kappa shape index (κ3) is 19.0. The summed E-state index contributed by atoms with van der Waals surface area (Å²) in [5.41, 5.74) is 7.04. The number of pyridine rings is 2. The third-order valence-electron chi connectivity index (χ3n) is 16.6. The van der Waals surface area contributed by atoms with E-state index in [9.17, 15) is 72.5 Å². The Bertz CT molecular complexity index is 3770. The third-order valence-corrected chi connectivity index (χ3v) is 16.6. The van der Waals surface area contributed by atoms with Crippen LogP contribution in [0.1, 0.15) is 96.9 Å². The number of hydrogen-bond acceptors (Lipinski definition) is 20. The van der Waals surface area contributed by atoms with Crippen LogP contribution in [0.5, 0.6) is 0 Å². The number of aliphatic hydroxyl groups is 1. The fourth-order valence-corrected chi connectivity index (χ4v) is 11.7. The van der Waals surface area contributed by atoms with Crippen LogP contribution >= 0.6 is 0 Å². The first-order chi connectivity index (χ1) is 46.5. The molecule has 4 aromatic rings. The highest BCUT2D eigenvalue weighted by Gasteiger charge is 2.46. The van der Waals surface area contributed by atoms with Gasteiger partial charge < -0.3 is 81.0 Å². The molecular weight excluding hydrogens is 1270 g/mol. The van der Waals surface area contributed by atoms with E-state index in [2.05, 4.69) is 31.9 Å². The highest BCUT2D eigenvalue weighted by Crippen LogP contribution is 2.46. The number of imide groups is 1. The maximum absolute atomic E-state index is 15.6. The van der Waals surface area contributed by atoms with Gasteiger partial charge in [0, 0.05) is 80.0 Å². The van der Waals surface area contributed by atoms with E-state index >= 15 is 4.39 Å². The standard InChI is InChI=1S/C65H78FN11O20/c1-3-65(92)42-29-48-60-40(34-77(48)62(89)41(42)36-97-64(65)91)59-44(12-11-39-37(2)43(66)30-45(74-60)58(39)59)71-51(80)10-7-18-75(35-49(67)78)63(90)47(28-38-8-5-4-6-9-38)73-54(83)33-69-53(82)32-70-61(88)46(31-57(86)87)72-52(81)16-20-93-22-24-95-26-27-96-25-23-94-21-17-68-50(79)15-19-76-55(84)13-14-56(76)85/h4-6,8-9,13-14,29-30,44,46-47,92H,3,7,10-12,15-28,31-36H2,1-2H3,(H2,67,78)(H,68,79)(H,69,82)(H,70,88)(H,71,80)(H,72,81)(H,73,83)(H,86,87)/t44-,46-,47-,65-/m0/s1. The van der Waals surface area contributed by atoms with Crippen LogP contribution in [-0.2, 0) is 113 Å². The Balaban J connectivity index is 0.762. The monoisotopic (exact) mass is 1350 g/mol. The number of cyclic esters (lactones) is 1. The Morgan fingerprint density at radius 1 is 0.784 bits per heavy atom. The summed E-state index contributed by atoms with van der Waals surface area (Å²) >= 11 is 0. The molecule has 0 radical (unpaired) electrons. The van der Waals surface area contributed by atoms with Gasteiger partial charge in [0.2, 0.25) is 47.3 Å². The minimum atomic E-state index is -2.09.